The molecule has 2 aromatic rings. The van der Waals surface area contributed by atoms with Gasteiger partial charge >= 0.3 is 0 Å². The van der Waals surface area contributed by atoms with Crippen LogP contribution >= 0.6 is 0 Å². The van der Waals surface area contributed by atoms with Gasteiger partial charge in [0.25, 0.3) is 5.91 Å². The lowest BCUT2D eigenvalue weighted by atomic mass is 10.1. The van der Waals surface area contributed by atoms with E-state index in [0.717, 1.165) is 19.4 Å². The molecule has 1 heterocycles. The molecule has 26 heavy (non-hydrogen) atoms. The summed E-state index contributed by atoms with van der Waals surface area (Å²) in [6.45, 7) is 1.23. The van der Waals surface area contributed by atoms with Crippen LogP contribution in [0.15, 0.2) is 54.6 Å². The van der Waals surface area contributed by atoms with Gasteiger partial charge in [-0.15, -0.1) is 0 Å². The maximum absolute atomic E-state index is 12.5. The molecule has 3 N–H and O–H groups in total. The third kappa shape index (κ3) is 4.61. The molecule has 136 valence electrons. The SMILES string of the molecule is NC(=O)C(NC(=O)c1cccc(OCC2CCCO2)c1)c1ccccc1. The molecular formula is C20H22N2O4. The Morgan fingerprint density at radius 2 is 2.00 bits per heavy atom. The highest BCUT2D eigenvalue weighted by Gasteiger charge is 2.21. The number of nitrogens with one attached hydrogen (secondary N) is 1. The Labute approximate surface area is 152 Å². The number of carbonyl (C=O) groups excluding carboxylic acids is 2. The third-order valence-corrected chi connectivity index (χ3v) is 4.25. The van der Waals surface area contributed by atoms with E-state index in [4.69, 9.17) is 15.2 Å². The molecule has 0 saturated carbocycles. The molecular weight excluding hydrogens is 332 g/mol. The zero-order chi connectivity index (χ0) is 18.4. The standard InChI is InChI=1S/C20H22N2O4/c21-19(23)18(14-6-2-1-3-7-14)22-20(24)15-8-4-9-16(12-15)26-13-17-10-5-11-25-17/h1-4,6-9,12,17-18H,5,10-11,13H2,(H2,21,23)(H,22,24). The highest BCUT2D eigenvalue weighted by molar-refractivity contribution is 5.97. The first-order valence-electron chi connectivity index (χ1n) is 8.63. The number of nitrogens with two attached hydrogens (primary N) is 1. The molecule has 6 heteroatoms. The predicted molar refractivity (Wildman–Crippen MR) is 96.8 cm³/mol. The second kappa shape index (κ2) is 8.49. The molecule has 0 radical (unpaired) electrons. The van der Waals surface area contributed by atoms with Crippen molar-refractivity contribution in [1.82, 2.24) is 5.32 Å². The summed E-state index contributed by atoms with van der Waals surface area (Å²) in [6, 6.07) is 14.8. The largest absolute Gasteiger partial charge is 0.491 e. The van der Waals surface area contributed by atoms with Crippen molar-refractivity contribution in [1.29, 1.82) is 0 Å². The van der Waals surface area contributed by atoms with Crippen molar-refractivity contribution < 1.29 is 19.1 Å². The van der Waals surface area contributed by atoms with Crippen LogP contribution in [0.1, 0.15) is 34.8 Å². The molecule has 2 aromatic carbocycles. The molecule has 3 rings (SSSR count). The van der Waals surface area contributed by atoms with Crippen LogP contribution < -0.4 is 15.8 Å². The maximum atomic E-state index is 12.5. The van der Waals surface area contributed by atoms with Gasteiger partial charge in [-0.05, 0) is 36.6 Å². The molecule has 0 bridgehead atoms. The van der Waals surface area contributed by atoms with E-state index in [0.29, 0.717) is 23.5 Å². The van der Waals surface area contributed by atoms with Gasteiger partial charge in [-0.3, -0.25) is 9.59 Å². The van der Waals surface area contributed by atoms with E-state index in [1.807, 2.05) is 6.07 Å². The van der Waals surface area contributed by atoms with E-state index in [1.165, 1.54) is 0 Å². The topological polar surface area (TPSA) is 90.7 Å². The van der Waals surface area contributed by atoms with Crippen molar-refractivity contribution in [3.63, 3.8) is 0 Å². The second-order valence-electron chi connectivity index (χ2n) is 6.19. The summed E-state index contributed by atoms with van der Waals surface area (Å²) in [5, 5.41) is 2.68. The minimum Gasteiger partial charge on any atom is -0.491 e. The highest BCUT2D eigenvalue weighted by Crippen LogP contribution is 2.18. The summed E-state index contributed by atoms with van der Waals surface area (Å²) in [5.41, 5.74) is 6.49. The lowest BCUT2D eigenvalue weighted by Gasteiger charge is -2.16. The third-order valence-electron chi connectivity index (χ3n) is 4.25. The first-order valence-corrected chi connectivity index (χ1v) is 8.63. The predicted octanol–water partition coefficient (Wildman–Crippen LogP) is 2.20. The number of ether oxygens (including phenoxy) is 2. The summed E-state index contributed by atoms with van der Waals surface area (Å²) < 4.78 is 11.2. The fraction of sp³-hybridized carbons (Fsp3) is 0.300. The normalized spacial score (nSPS) is 17.5. The summed E-state index contributed by atoms with van der Waals surface area (Å²) in [6.07, 6.45) is 2.13. The minimum atomic E-state index is -0.889. The maximum Gasteiger partial charge on any atom is 0.252 e. The van der Waals surface area contributed by atoms with Gasteiger partial charge in [-0.2, -0.15) is 0 Å². The van der Waals surface area contributed by atoms with Gasteiger partial charge in [0, 0.05) is 12.2 Å². The van der Waals surface area contributed by atoms with Gasteiger partial charge in [0.1, 0.15) is 18.4 Å². The Bertz CT molecular complexity index is 757. The smallest absolute Gasteiger partial charge is 0.252 e. The molecule has 2 atom stereocenters. The monoisotopic (exact) mass is 354 g/mol. The van der Waals surface area contributed by atoms with Crippen LogP contribution in [0.2, 0.25) is 0 Å². The van der Waals surface area contributed by atoms with Crippen LogP contribution in [0, 0.1) is 0 Å². The second-order valence-corrected chi connectivity index (χ2v) is 6.19. The van der Waals surface area contributed by atoms with E-state index >= 15 is 0 Å². The van der Waals surface area contributed by atoms with E-state index in [2.05, 4.69) is 5.32 Å². The van der Waals surface area contributed by atoms with Crippen molar-refractivity contribution in [3.8, 4) is 5.75 Å². The molecule has 2 amide bonds. The number of amides is 2. The first-order chi connectivity index (χ1) is 12.6. The molecule has 0 aliphatic carbocycles. The average molecular weight is 354 g/mol. The summed E-state index contributed by atoms with van der Waals surface area (Å²) >= 11 is 0. The van der Waals surface area contributed by atoms with Crippen molar-refractivity contribution in [2.75, 3.05) is 13.2 Å². The number of rotatable bonds is 7. The van der Waals surface area contributed by atoms with Crippen LogP contribution in [-0.4, -0.2) is 31.1 Å². The molecule has 6 nitrogen and oxygen atoms in total. The minimum absolute atomic E-state index is 0.102. The van der Waals surface area contributed by atoms with Gasteiger partial charge in [-0.25, -0.2) is 0 Å². The van der Waals surface area contributed by atoms with Crippen molar-refractivity contribution >= 4 is 11.8 Å². The summed E-state index contributed by atoms with van der Waals surface area (Å²) in [5.74, 6) is -0.418. The Hall–Kier alpha value is -2.86. The Morgan fingerprint density at radius 1 is 1.19 bits per heavy atom. The van der Waals surface area contributed by atoms with Crippen LogP contribution in [0.25, 0.3) is 0 Å². The fourth-order valence-corrected chi connectivity index (χ4v) is 2.87. The summed E-state index contributed by atoms with van der Waals surface area (Å²) in [4.78, 5) is 24.3. The molecule has 1 aliphatic heterocycles. The zero-order valence-corrected chi connectivity index (χ0v) is 14.4. The average Bonchev–Trinajstić information content (AvgIpc) is 3.18. The zero-order valence-electron chi connectivity index (χ0n) is 14.4. The van der Waals surface area contributed by atoms with E-state index in [9.17, 15) is 9.59 Å². The molecule has 1 saturated heterocycles. The molecule has 0 aromatic heterocycles. The molecule has 1 aliphatic rings. The van der Waals surface area contributed by atoms with E-state index in [-0.39, 0.29) is 12.0 Å². The lowest BCUT2D eigenvalue weighted by Crippen LogP contribution is -2.37. The number of primary amides is 1. The molecule has 1 fully saturated rings. The highest BCUT2D eigenvalue weighted by atomic mass is 16.5. The lowest BCUT2D eigenvalue weighted by molar-refractivity contribution is -0.120. The van der Waals surface area contributed by atoms with E-state index in [1.54, 1.807) is 48.5 Å². The van der Waals surface area contributed by atoms with Crippen LogP contribution in [-0.2, 0) is 9.53 Å². The van der Waals surface area contributed by atoms with Crippen molar-refractivity contribution in [2.24, 2.45) is 5.73 Å². The van der Waals surface area contributed by atoms with Crippen LogP contribution in [0.3, 0.4) is 0 Å². The molecule has 2 unspecified atom stereocenters. The van der Waals surface area contributed by atoms with E-state index < -0.39 is 11.9 Å². The van der Waals surface area contributed by atoms with Gasteiger partial charge in [-0.1, -0.05) is 36.4 Å². The number of benzene rings is 2. The van der Waals surface area contributed by atoms with Crippen LogP contribution in [0.5, 0.6) is 5.75 Å². The quantitative estimate of drug-likeness (QED) is 0.797. The van der Waals surface area contributed by atoms with Gasteiger partial charge < -0.3 is 20.5 Å². The van der Waals surface area contributed by atoms with Crippen molar-refractivity contribution in [3.05, 3.63) is 65.7 Å². The Morgan fingerprint density at radius 3 is 2.69 bits per heavy atom. The Balaban J connectivity index is 1.66. The number of hydrogen-bond donors (Lipinski definition) is 2. The molecule has 0 spiro atoms. The van der Waals surface area contributed by atoms with Gasteiger partial charge in [0.15, 0.2) is 0 Å². The van der Waals surface area contributed by atoms with Crippen molar-refractivity contribution in [2.45, 2.75) is 25.0 Å². The number of carbonyl (C=O) groups is 2. The van der Waals surface area contributed by atoms with Gasteiger partial charge in [0.05, 0.1) is 6.10 Å². The van der Waals surface area contributed by atoms with Crippen LogP contribution in [0.4, 0.5) is 0 Å². The first kappa shape index (κ1) is 17.9. The number of hydrogen-bond acceptors (Lipinski definition) is 4. The Kier molecular flexibility index (Phi) is 5.86. The van der Waals surface area contributed by atoms with Gasteiger partial charge in [0.2, 0.25) is 5.91 Å². The summed E-state index contributed by atoms with van der Waals surface area (Å²) in [7, 11) is 0. The fourth-order valence-electron chi connectivity index (χ4n) is 2.87.